The van der Waals surface area contributed by atoms with Crippen LogP contribution in [0.1, 0.15) is 41.5 Å². The zero-order valence-corrected chi connectivity index (χ0v) is 13.0. The van der Waals surface area contributed by atoms with Gasteiger partial charge in [-0.25, -0.2) is 0 Å². The van der Waals surface area contributed by atoms with Gasteiger partial charge in [0.1, 0.15) is 5.60 Å². The summed E-state index contributed by atoms with van der Waals surface area (Å²) in [5.74, 6) is 0.166. The van der Waals surface area contributed by atoms with Crippen LogP contribution in [0.2, 0.25) is 0 Å². The van der Waals surface area contributed by atoms with Gasteiger partial charge in [-0.05, 0) is 41.5 Å². The molecular weight excluding hydrogens is 242 g/mol. The topological polar surface area (TPSA) is 38.8 Å². The number of rotatable bonds is 2. The molecule has 4 heteroatoms. The Morgan fingerprint density at radius 2 is 1.89 bits per heavy atom. The summed E-state index contributed by atoms with van der Waals surface area (Å²) in [5, 5.41) is 0. The number of carbonyl (C=O) groups is 1. The Hall–Kier alpha value is -0.450. The van der Waals surface area contributed by atoms with Gasteiger partial charge in [-0.3, -0.25) is 9.69 Å². The molecule has 2 rings (SSSR count). The van der Waals surface area contributed by atoms with Crippen molar-refractivity contribution in [3.63, 3.8) is 0 Å². The summed E-state index contributed by atoms with van der Waals surface area (Å²) in [4.78, 5) is 14.9. The summed E-state index contributed by atoms with van der Waals surface area (Å²) in [5.41, 5.74) is -1.04. The predicted octanol–water partition coefficient (Wildman–Crippen LogP) is 1.87. The van der Waals surface area contributed by atoms with Crippen LogP contribution in [0.4, 0.5) is 0 Å². The number of morpholine rings is 1. The first kappa shape index (κ1) is 14.9. The van der Waals surface area contributed by atoms with Crippen LogP contribution in [-0.4, -0.2) is 53.7 Å². The molecule has 0 saturated carbocycles. The molecule has 3 atom stereocenters. The molecule has 0 aromatic rings. The molecule has 2 heterocycles. The summed E-state index contributed by atoms with van der Waals surface area (Å²) in [6.45, 7) is 14.5. The van der Waals surface area contributed by atoms with Gasteiger partial charge in [0, 0.05) is 19.1 Å². The van der Waals surface area contributed by atoms with Crippen LogP contribution in [0, 0.1) is 5.92 Å². The lowest BCUT2D eigenvalue weighted by Gasteiger charge is -2.39. The minimum Gasteiger partial charge on any atom is -0.376 e. The second-order valence-electron chi connectivity index (χ2n) is 7.08. The molecule has 0 amide bonds. The Morgan fingerprint density at radius 1 is 1.26 bits per heavy atom. The van der Waals surface area contributed by atoms with Gasteiger partial charge in [0.05, 0.1) is 24.2 Å². The first-order chi connectivity index (χ1) is 8.63. The molecule has 2 saturated heterocycles. The lowest BCUT2D eigenvalue weighted by molar-refractivity contribution is -0.132. The molecule has 0 spiro atoms. The minimum atomic E-state index is -0.657. The molecule has 0 radical (unpaired) electrons. The normalized spacial score (nSPS) is 38.6. The molecule has 0 aromatic heterocycles. The van der Waals surface area contributed by atoms with Crippen molar-refractivity contribution in [2.45, 2.75) is 64.9 Å². The van der Waals surface area contributed by atoms with E-state index in [1.54, 1.807) is 0 Å². The maximum atomic E-state index is 12.5. The van der Waals surface area contributed by atoms with Gasteiger partial charge in [0.2, 0.25) is 0 Å². The summed E-state index contributed by atoms with van der Waals surface area (Å²) in [6, 6.07) is 0.364. The van der Waals surface area contributed by atoms with E-state index >= 15 is 0 Å². The smallest absolute Gasteiger partial charge is 0.171 e. The summed E-state index contributed by atoms with van der Waals surface area (Å²) in [7, 11) is 0. The fourth-order valence-corrected chi connectivity index (χ4v) is 3.28. The third-order valence-electron chi connectivity index (χ3n) is 4.42. The first-order valence-electron chi connectivity index (χ1n) is 7.23. The van der Waals surface area contributed by atoms with Gasteiger partial charge in [0.25, 0.3) is 0 Å². The molecule has 0 bridgehead atoms. The third-order valence-corrected chi connectivity index (χ3v) is 4.42. The van der Waals surface area contributed by atoms with Crippen molar-refractivity contribution in [1.29, 1.82) is 0 Å². The van der Waals surface area contributed by atoms with Gasteiger partial charge in [0.15, 0.2) is 5.78 Å². The van der Waals surface area contributed by atoms with Crippen molar-refractivity contribution in [3.8, 4) is 0 Å². The fraction of sp³-hybridized carbons (Fsp3) is 0.933. The molecule has 0 aromatic carbocycles. The number of ether oxygens (including phenoxy) is 2. The molecule has 4 nitrogen and oxygen atoms in total. The number of hydrogen-bond donors (Lipinski definition) is 0. The van der Waals surface area contributed by atoms with E-state index in [2.05, 4.69) is 18.7 Å². The number of carbonyl (C=O) groups excluding carboxylic acids is 1. The number of hydrogen-bond acceptors (Lipinski definition) is 4. The molecular formula is C15H27NO3. The SMILES string of the molecule is CC1CN(CC2C(=O)C(C)(C)OC2(C)C)C(C)CO1. The Balaban J connectivity index is 2.11. The molecule has 2 fully saturated rings. The Kier molecular flexibility index (Phi) is 3.80. The monoisotopic (exact) mass is 269 g/mol. The van der Waals surface area contributed by atoms with Crippen molar-refractivity contribution < 1.29 is 14.3 Å². The number of ketones is 1. The maximum Gasteiger partial charge on any atom is 0.171 e. The fourth-order valence-electron chi connectivity index (χ4n) is 3.28. The van der Waals surface area contributed by atoms with Crippen molar-refractivity contribution in [1.82, 2.24) is 4.90 Å². The minimum absolute atomic E-state index is 0.0600. The van der Waals surface area contributed by atoms with Crippen LogP contribution in [0.3, 0.4) is 0 Å². The molecule has 0 N–H and O–H groups in total. The summed E-state index contributed by atoms with van der Waals surface area (Å²) < 4.78 is 11.6. The van der Waals surface area contributed by atoms with Gasteiger partial charge in [-0.1, -0.05) is 0 Å². The Morgan fingerprint density at radius 3 is 2.42 bits per heavy atom. The van der Waals surface area contributed by atoms with Crippen molar-refractivity contribution in [2.75, 3.05) is 19.7 Å². The van der Waals surface area contributed by atoms with Crippen molar-refractivity contribution in [3.05, 3.63) is 0 Å². The lowest BCUT2D eigenvalue weighted by atomic mass is 9.85. The van der Waals surface area contributed by atoms with Gasteiger partial charge < -0.3 is 9.47 Å². The largest absolute Gasteiger partial charge is 0.376 e. The van der Waals surface area contributed by atoms with E-state index in [1.807, 2.05) is 27.7 Å². The molecule has 2 aliphatic heterocycles. The maximum absolute atomic E-state index is 12.5. The highest BCUT2D eigenvalue weighted by molar-refractivity contribution is 5.91. The lowest BCUT2D eigenvalue weighted by Crippen LogP contribution is -2.52. The van der Waals surface area contributed by atoms with Gasteiger partial charge >= 0.3 is 0 Å². The zero-order chi connectivity index (χ0) is 14.4. The van der Waals surface area contributed by atoms with E-state index in [4.69, 9.17) is 9.47 Å². The quantitative estimate of drug-likeness (QED) is 0.767. The highest BCUT2D eigenvalue weighted by atomic mass is 16.5. The van der Waals surface area contributed by atoms with Gasteiger partial charge in [-0.2, -0.15) is 0 Å². The van der Waals surface area contributed by atoms with Crippen LogP contribution >= 0.6 is 0 Å². The van der Waals surface area contributed by atoms with E-state index in [9.17, 15) is 4.79 Å². The second-order valence-corrected chi connectivity index (χ2v) is 7.08. The molecule has 110 valence electrons. The summed E-state index contributed by atoms with van der Waals surface area (Å²) in [6.07, 6.45) is 0.241. The van der Waals surface area contributed by atoms with E-state index in [0.29, 0.717) is 6.04 Å². The molecule has 0 aliphatic carbocycles. The Labute approximate surface area is 116 Å². The zero-order valence-electron chi connectivity index (χ0n) is 13.0. The van der Waals surface area contributed by atoms with Crippen molar-refractivity contribution >= 4 is 5.78 Å². The first-order valence-corrected chi connectivity index (χ1v) is 7.23. The Bertz CT molecular complexity index is 364. The third kappa shape index (κ3) is 2.86. The van der Waals surface area contributed by atoms with Crippen molar-refractivity contribution in [2.24, 2.45) is 5.92 Å². The highest BCUT2D eigenvalue weighted by Crippen LogP contribution is 2.39. The van der Waals surface area contributed by atoms with E-state index in [0.717, 1.165) is 19.7 Å². The van der Waals surface area contributed by atoms with Crippen LogP contribution in [0.15, 0.2) is 0 Å². The second kappa shape index (κ2) is 4.83. The van der Waals surface area contributed by atoms with E-state index in [-0.39, 0.29) is 23.4 Å². The van der Waals surface area contributed by atoms with Crippen LogP contribution in [-0.2, 0) is 14.3 Å². The molecule has 19 heavy (non-hydrogen) atoms. The van der Waals surface area contributed by atoms with E-state index in [1.165, 1.54) is 0 Å². The van der Waals surface area contributed by atoms with Crippen LogP contribution in [0.5, 0.6) is 0 Å². The number of nitrogens with zero attached hydrogens (tertiary/aromatic N) is 1. The van der Waals surface area contributed by atoms with Gasteiger partial charge in [-0.15, -0.1) is 0 Å². The summed E-state index contributed by atoms with van der Waals surface area (Å²) >= 11 is 0. The predicted molar refractivity (Wildman–Crippen MR) is 74.2 cm³/mol. The average molecular weight is 269 g/mol. The molecule has 2 aliphatic rings. The standard InChI is InChI=1S/C15H27NO3/c1-10-9-18-11(2)7-16(10)8-12-13(17)15(5,6)19-14(12,3)4/h10-12H,7-9H2,1-6H3. The number of Topliss-reactive ketones (excluding diaryl/α,β-unsaturated/α-hetero) is 1. The van der Waals surface area contributed by atoms with Crippen LogP contribution in [0.25, 0.3) is 0 Å². The van der Waals surface area contributed by atoms with E-state index < -0.39 is 5.60 Å². The average Bonchev–Trinajstić information content (AvgIpc) is 2.41. The van der Waals surface area contributed by atoms with Crippen LogP contribution < -0.4 is 0 Å². The highest BCUT2D eigenvalue weighted by Gasteiger charge is 2.53. The molecule has 3 unspecified atom stereocenters.